The Bertz CT molecular complexity index is 172. The van der Waals surface area contributed by atoms with Crippen LogP contribution in [0.1, 0.15) is 20.3 Å². The van der Waals surface area contributed by atoms with Crippen molar-refractivity contribution in [3.05, 3.63) is 0 Å². The number of ether oxygens (including phenoxy) is 1. The van der Waals surface area contributed by atoms with Crippen LogP contribution in [0.2, 0.25) is 0 Å². The summed E-state index contributed by atoms with van der Waals surface area (Å²) in [6, 6.07) is 0. The number of carbonyl (C=O) groups excluding carboxylic acids is 1. The average molecular weight is 185 g/mol. The highest BCUT2D eigenvalue weighted by Crippen LogP contribution is 2.20. The van der Waals surface area contributed by atoms with Gasteiger partial charge in [0.1, 0.15) is 0 Å². The number of piperidine rings is 1. The summed E-state index contributed by atoms with van der Waals surface area (Å²) in [6.45, 7) is 6.98. The molecule has 0 radical (unpaired) electrons. The predicted molar refractivity (Wildman–Crippen MR) is 51.4 cm³/mol. The first-order valence-corrected chi connectivity index (χ1v) is 4.91. The lowest BCUT2D eigenvalue weighted by Gasteiger charge is -2.33. The van der Waals surface area contributed by atoms with Crippen LogP contribution in [0.15, 0.2) is 0 Å². The highest BCUT2D eigenvalue weighted by molar-refractivity contribution is 5.71. The summed E-state index contributed by atoms with van der Waals surface area (Å²) in [7, 11) is 1.44. The van der Waals surface area contributed by atoms with Crippen molar-refractivity contribution in [2.75, 3.05) is 26.7 Å². The van der Waals surface area contributed by atoms with E-state index in [2.05, 4.69) is 23.5 Å². The van der Waals surface area contributed by atoms with Crippen molar-refractivity contribution in [1.29, 1.82) is 0 Å². The highest BCUT2D eigenvalue weighted by atomic mass is 16.5. The van der Waals surface area contributed by atoms with Crippen molar-refractivity contribution in [2.45, 2.75) is 20.3 Å². The molecule has 0 aromatic heterocycles. The Hall–Kier alpha value is -0.570. The fraction of sp³-hybridized carbons (Fsp3) is 0.900. The molecule has 0 aromatic rings. The Morgan fingerprint density at radius 3 is 2.38 bits per heavy atom. The first-order valence-electron chi connectivity index (χ1n) is 4.91. The van der Waals surface area contributed by atoms with E-state index in [1.54, 1.807) is 0 Å². The summed E-state index contributed by atoms with van der Waals surface area (Å²) >= 11 is 0. The minimum atomic E-state index is -0.124. The molecule has 0 amide bonds. The van der Waals surface area contributed by atoms with E-state index >= 15 is 0 Å². The van der Waals surface area contributed by atoms with E-state index in [4.69, 9.17) is 0 Å². The first-order chi connectivity index (χ1) is 6.11. The van der Waals surface area contributed by atoms with Gasteiger partial charge < -0.3 is 4.74 Å². The molecule has 0 aliphatic carbocycles. The fourth-order valence-corrected chi connectivity index (χ4v) is 2.17. The minimum absolute atomic E-state index is 0.124. The molecule has 13 heavy (non-hydrogen) atoms. The molecule has 0 N–H and O–H groups in total. The molecule has 1 rings (SSSR count). The Morgan fingerprint density at radius 2 is 1.92 bits per heavy atom. The molecule has 1 fully saturated rings. The average Bonchev–Trinajstić information content (AvgIpc) is 2.02. The third-order valence-corrected chi connectivity index (χ3v) is 2.52. The predicted octanol–water partition coefficient (Wildman–Crippen LogP) is 1.14. The zero-order valence-corrected chi connectivity index (χ0v) is 8.75. The molecule has 1 saturated heterocycles. The van der Waals surface area contributed by atoms with Crippen LogP contribution in [0.3, 0.4) is 0 Å². The number of hydrogen-bond acceptors (Lipinski definition) is 3. The fourth-order valence-electron chi connectivity index (χ4n) is 2.17. The lowest BCUT2D eigenvalue weighted by atomic mass is 9.92. The monoisotopic (exact) mass is 185 g/mol. The van der Waals surface area contributed by atoms with Gasteiger partial charge >= 0.3 is 5.97 Å². The SMILES string of the molecule is COC(=O)CN1C[C@H](C)C[C@@H](C)C1. The van der Waals surface area contributed by atoms with Crippen LogP contribution in [0.25, 0.3) is 0 Å². The first kappa shape index (κ1) is 10.5. The molecular formula is C10H19NO2. The molecule has 2 atom stereocenters. The molecule has 3 nitrogen and oxygen atoms in total. The van der Waals surface area contributed by atoms with E-state index < -0.39 is 0 Å². The third kappa shape index (κ3) is 3.35. The summed E-state index contributed by atoms with van der Waals surface area (Å²) in [5, 5.41) is 0. The molecule has 0 aromatic carbocycles. The van der Waals surface area contributed by atoms with Gasteiger partial charge in [0.05, 0.1) is 13.7 Å². The molecule has 0 unspecified atom stereocenters. The van der Waals surface area contributed by atoms with Crippen LogP contribution in [-0.4, -0.2) is 37.6 Å². The summed E-state index contributed by atoms with van der Waals surface area (Å²) in [5.74, 6) is 1.28. The van der Waals surface area contributed by atoms with Gasteiger partial charge in [0, 0.05) is 13.1 Å². The molecular weight excluding hydrogens is 166 g/mol. The van der Waals surface area contributed by atoms with Gasteiger partial charge in [-0.25, -0.2) is 0 Å². The van der Waals surface area contributed by atoms with Crippen LogP contribution in [0, 0.1) is 11.8 Å². The van der Waals surface area contributed by atoms with Crippen molar-refractivity contribution in [2.24, 2.45) is 11.8 Å². The Kier molecular flexibility index (Phi) is 3.72. The maximum atomic E-state index is 11.0. The van der Waals surface area contributed by atoms with Crippen molar-refractivity contribution in [1.82, 2.24) is 4.90 Å². The van der Waals surface area contributed by atoms with Crippen molar-refractivity contribution < 1.29 is 9.53 Å². The van der Waals surface area contributed by atoms with Crippen LogP contribution in [0.5, 0.6) is 0 Å². The molecule has 76 valence electrons. The van der Waals surface area contributed by atoms with E-state index in [1.165, 1.54) is 13.5 Å². The number of likely N-dealkylation sites (tertiary alicyclic amines) is 1. The van der Waals surface area contributed by atoms with Gasteiger partial charge in [-0.05, 0) is 18.3 Å². The van der Waals surface area contributed by atoms with Gasteiger partial charge in [-0.1, -0.05) is 13.8 Å². The van der Waals surface area contributed by atoms with Crippen LogP contribution >= 0.6 is 0 Å². The number of methoxy groups -OCH3 is 1. The maximum Gasteiger partial charge on any atom is 0.319 e. The number of rotatable bonds is 2. The summed E-state index contributed by atoms with van der Waals surface area (Å²) in [4.78, 5) is 13.2. The third-order valence-electron chi connectivity index (χ3n) is 2.52. The van der Waals surface area contributed by atoms with Gasteiger partial charge in [0.25, 0.3) is 0 Å². The van der Waals surface area contributed by atoms with Crippen LogP contribution < -0.4 is 0 Å². The molecule has 0 bridgehead atoms. The quantitative estimate of drug-likeness (QED) is 0.604. The van der Waals surface area contributed by atoms with E-state index in [1.807, 2.05) is 0 Å². The molecule has 1 aliphatic rings. The van der Waals surface area contributed by atoms with Crippen molar-refractivity contribution >= 4 is 5.97 Å². The number of esters is 1. The summed E-state index contributed by atoms with van der Waals surface area (Å²) in [5.41, 5.74) is 0. The lowest BCUT2D eigenvalue weighted by Crippen LogP contribution is -2.41. The standard InChI is InChI=1S/C10H19NO2/c1-8-4-9(2)6-11(5-8)7-10(12)13-3/h8-9H,4-7H2,1-3H3/t8-,9-/m1/s1. The van der Waals surface area contributed by atoms with Gasteiger partial charge in [-0.15, -0.1) is 0 Å². The van der Waals surface area contributed by atoms with Gasteiger partial charge in [0.15, 0.2) is 0 Å². The maximum absolute atomic E-state index is 11.0. The Balaban J connectivity index is 2.37. The smallest absolute Gasteiger partial charge is 0.319 e. The summed E-state index contributed by atoms with van der Waals surface area (Å²) in [6.07, 6.45) is 1.28. The zero-order valence-electron chi connectivity index (χ0n) is 8.75. The Labute approximate surface area is 80.1 Å². The number of nitrogens with zero attached hydrogens (tertiary/aromatic N) is 1. The van der Waals surface area contributed by atoms with E-state index in [-0.39, 0.29) is 5.97 Å². The topological polar surface area (TPSA) is 29.5 Å². The second-order valence-corrected chi connectivity index (χ2v) is 4.22. The van der Waals surface area contributed by atoms with Crippen molar-refractivity contribution in [3.8, 4) is 0 Å². The van der Waals surface area contributed by atoms with Gasteiger partial charge in [0.2, 0.25) is 0 Å². The summed E-state index contributed by atoms with van der Waals surface area (Å²) < 4.78 is 4.64. The van der Waals surface area contributed by atoms with Crippen LogP contribution in [-0.2, 0) is 9.53 Å². The van der Waals surface area contributed by atoms with Crippen molar-refractivity contribution in [3.63, 3.8) is 0 Å². The number of carbonyl (C=O) groups is 1. The minimum Gasteiger partial charge on any atom is -0.468 e. The normalized spacial score (nSPS) is 30.1. The number of hydrogen-bond donors (Lipinski definition) is 0. The zero-order chi connectivity index (χ0) is 9.84. The molecule has 3 heteroatoms. The van der Waals surface area contributed by atoms with E-state index in [0.717, 1.165) is 13.1 Å². The van der Waals surface area contributed by atoms with Crippen LogP contribution in [0.4, 0.5) is 0 Å². The second-order valence-electron chi connectivity index (χ2n) is 4.22. The molecule has 0 spiro atoms. The van der Waals surface area contributed by atoms with Gasteiger partial charge in [-0.3, -0.25) is 9.69 Å². The van der Waals surface area contributed by atoms with Gasteiger partial charge in [-0.2, -0.15) is 0 Å². The second kappa shape index (κ2) is 4.61. The molecule has 1 heterocycles. The highest BCUT2D eigenvalue weighted by Gasteiger charge is 2.23. The lowest BCUT2D eigenvalue weighted by molar-refractivity contribution is -0.142. The molecule has 1 aliphatic heterocycles. The Morgan fingerprint density at radius 1 is 1.38 bits per heavy atom. The largest absolute Gasteiger partial charge is 0.468 e. The van der Waals surface area contributed by atoms with E-state index in [9.17, 15) is 4.79 Å². The van der Waals surface area contributed by atoms with E-state index in [0.29, 0.717) is 18.4 Å². The molecule has 0 saturated carbocycles.